The zero-order valence-electron chi connectivity index (χ0n) is 16.7. The van der Waals surface area contributed by atoms with Gasteiger partial charge in [0.15, 0.2) is 5.16 Å². The van der Waals surface area contributed by atoms with Crippen LogP contribution in [0.25, 0.3) is 15.9 Å². The van der Waals surface area contributed by atoms with Gasteiger partial charge in [0.25, 0.3) is 5.56 Å². The SMILES string of the molecule is CCN(C(=O)CSc1nc2ccsc2c(=O)n1-c1ccccc1)c1cccc(C)c1. The van der Waals surface area contributed by atoms with E-state index in [1.807, 2.05) is 79.9 Å². The minimum absolute atomic E-state index is 0.0209. The van der Waals surface area contributed by atoms with E-state index >= 15 is 0 Å². The molecule has 0 aliphatic carbocycles. The summed E-state index contributed by atoms with van der Waals surface area (Å²) >= 11 is 2.67. The van der Waals surface area contributed by atoms with Crippen molar-refractivity contribution in [3.05, 3.63) is 82.0 Å². The van der Waals surface area contributed by atoms with E-state index in [9.17, 15) is 9.59 Å². The highest BCUT2D eigenvalue weighted by Crippen LogP contribution is 2.25. The van der Waals surface area contributed by atoms with E-state index < -0.39 is 0 Å². The lowest BCUT2D eigenvalue weighted by Gasteiger charge is -2.21. The van der Waals surface area contributed by atoms with Crippen LogP contribution >= 0.6 is 23.1 Å². The Hall–Kier alpha value is -2.90. The molecule has 4 aromatic rings. The molecule has 0 aliphatic heterocycles. The number of thiophene rings is 1. The Morgan fingerprint density at radius 1 is 1.13 bits per heavy atom. The Morgan fingerprint density at radius 3 is 2.67 bits per heavy atom. The Labute approximate surface area is 183 Å². The molecule has 2 heterocycles. The molecule has 7 heteroatoms. The summed E-state index contributed by atoms with van der Waals surface area (Å²) in [6.07, 6.45) is 0. The summed E-state index contributed by atoms with van der Waals surface area (Å²) in [5.74, 6) is 0.170. The van der Waals surface area contributed by atoms with Gasteiger partial charge in [-0.05, 0) is 55.1 Å². The molecule has 0 saturated heterocycles. The van der Waals surface area contributed by atoms with Crippen LogP contribution < -0.4 is 10.5 Å². The van der Waals surface area contributed by atoms with Gasteiger partial charge in [-0.25, -0.2) is 4.98 Å². The number of carbonyl (C=O) groups excluding carboxylic acids is 1. The van der Waals surface area contributed by atoms with Gasteiger partial charge in [0.2, 0.25) is 5.91 Å². The van der Waals surface area contributed by atoms with Crippen LogP contribution in [0.1, 0.15) is 12.5 Å². The Balaban J connectivity index is 1.67. The number of para-hydroxylation sites is 1. The van der Waals surface area contributed by atoms with Gasteiger partial charge in [-0.3, -0.25) is 14.2 Å². The maximum absolute atomic E-state index is 13.1. The molecule has 0 saturated carbocycles. The monoisotopic (exact) mass is 435 g/mol. The summed E-state index contributed by atoms with van der Waals surface area (Å²) in [4.78, 5) is 32.6. The van der Waals surface area contributed by atoms with Crippen molar-refractivity contribution < 1.29 is 4.79 Å². The Morgan fingerprint density at radius 2 is 1.93 bits per heavy atom. The second-order valence-electron chi connectivity index (χ2n) is 6.77. The van der Waals surface area contributed by atoms with E-state index in [0.717, 1.165) is 16.9 Å². The Bertz CT molecular complexity index is 1250. The molecule has 0 fully saturated rings. The fourth-order valence-electron chi connectivity index (χ4n) is 3.30. The largest absolute Gasteiger partial charge is 0.312 e. The minimum Gasteiger partial charge on any atom is -0.312 e. The van der Waals surface area contributed by atoms with Gasteiger partial charge in [0.1, 0.15) is 4.70 Å². The van der Waals surface area contributed by atoms with Gasteiger partial charge in [0, 0.05) is 12.2 Å². The molecule has 0 bridgehead atoms. The first-order valence-corrected chi connectivity index (χ1v) is 11.5. The number of fused-ring (bicyclic) bond motifs is 1. The summed E-state index contributed by atoms with van der Waals surface area (Å²) in [5, 5.41) is 2.38. The first kappa shape index (κ1) is 20.4. The van der Waals surface area contributed by atoms with Crippen LogP contribution in [0.5, 0.6) is 0 Å². The maximum atomic E-state index is 13.1. The molecule has 0 radical (unpaired) electrons. The van der Waals surface area contributed by atoms with E-state index in [2.05, 4.69) is 4.98 Å². The number of rotatable bonds is 6. The highest BCUT2D eigenvalue weighted by atomic mass is 32.2. The number of benzene rings is 2. The highest BCUT2D eigenvalue weighted by Gasteiger charge is 2.18. The normalized spacial score (nSPS) is 11.0. The highest BCUT2D eigenvalue weighted by molar-refractivity contribution is 7.99. The molecule has 2 aromatic heterocycles. The number of aromatic nitrogens is 2. The molecule has 0 atom stereocenters. The summed E-state index contributed by atoms with van der Waals surface area (Å²) in [6.45, 7) is 4.54. The summed E-state index contributed by atoms with van der Waals surface area (Å²) in [5.41, 5.74) is 3.28. The average Bonchev–Trinajstić information content (AvgIpc) is 3.22. The lowest BCUT2D eigenvalue weighted by Crippen LogP contribution is -2.32. The van der Waals surface area contributed by atoms with Gasteiger partial charge < -0.3 is 4.90 Å². The van der Waals surface area contributed by atoms with Crippen LogP contribution in [0.3, 0.4) is 0 Å². The van der Waals surface area contributed by atoms with Gasteiger partial charge in [-0.15, -0.1) is 11.3 Å². The molecular formula is C23H21N3O2S2. The van der Waals surface area contributed by atoms with Crippen molar-refractivity contribution in [2.45, 2.75) is 19.0 Å². The molecule has 0 N–H and O–H groups in total. The lowest BCUT2D eigenvalue weighted by atomic mass is 10.2. The first-order valence-electron chi connectivity index (χ1n) is 9.64. The predicted octanol–water partition coefficient (Wildman–Crippen LogP) is 4.90. The third-order valence-corrected chi connectivity index (χ3v) is 6.53. The Kier molecular flexibility index (Phi) is 6.01. The van der Waals surface area contributed by atoms with E-state index in [4.69, 9.17) is 0 Å². The van der Waals surface area contributed by atoms with Crippen molar-refractivity contribution in [3.63, 3.8) is 0 Å². The topological polar surface area (TPSA) is 55.2 Å². The van der Waals surface area contributed by atoms with Crippen LogP contribution in [0.2, 0.25) is 0 Å². The number of hydrogen-bond donors (Lipinski definition) is 0. The number of thioether (sulfide) groups is 1. The molecule has 0 unspecified atom stereocenters. The quantitative estimate of drug-likeness (QED) is 0.319. The van der Waals surface area contributed by atoms with Crippen LogP contribution in [0.4, 0.5) is 5.69 Å². The van der Waals surface area contributed by atoms with E-state index in [0.29, 0.717) is 21.9 Å². The fourth-order valence-corrected chi connectivity index (χ4v) is 4.94. The molecule has 30 heavy (non-hydrogen) atoms. The number of carbonyl (C=O) groups is 1. The number of anilines is 1. The van der Waals surface area contributed by atoms with Crippen molar-refractivity contribution in [2.75, 3.05) is 17.2 Å². The van der Waals surface area contributed by atoms with Crippen molar-refractivity contribution in [2.24, 2.45) is 0 Å². The molecule has 0 aliphatic rings. The maximum Gasteiger partial charge on any atom is 0.276 e. The molecule has 2 aromatic carbocycles. The van der Waals surface area contributed by atoms with Crippen LogP contribution in [0, 0.1) is 6.92 Å². The van der Waals surface area contributed by atoms with Crippen molar-refractivity contribution >= 4 is 44.9 Å². The van der Waals surface area contributed by atoms with E-state index in [1.165, 1.54) is 23.1 Å². The second kappa shape index (κ2) is 8.85. The number of hydrogen-bond acceptors (Lipinski definition) is 5. The van der Waals surface area contributed by atoms with Crippen LogP contribution in [-0.2, 0) is 4.79 Å². The molecule has 0 spiro atoms. The summed E-state index contributed by atoms with van der Waals surface area (Å²) in [7, 11) is 0. The number of nitrogens with zero attached hydrogens (tertiary/aromatic N) is 3. The van der Waals surface area contributed by atoms with Crippen LogP contribution in [-0.4, -0.2) is 27.8 Å². The van der Waals surface area contributed by atoms with Crippen molar-refractivity contribution in [1.29, 1.82) is 0 Å². The summed E-state index contributed by atoms with van der Waals surface area (Å²) < 4.78 is 2.21. The van der Waals surface area contributed by atoms with Crippen molar-refractivity contribution in [3.8, 4) is 5.69 Å². The van der Waals surface area contributed by atoms with E-state index in [1.54, 1.807) is 9.47 Å². The van der Waals surface area contributed by atoms with Gasteiger partial charge >= 0.3 is 0 Å². The molecule has 1 amide bonds. The number of amides is 1. The van der Waals surface area contributed by atoms with Gasteiger partial charge in [-0.2, -0.15) is 0 Å². The molecule has 152 valence electrons. The third kappa shape index (κ3) is 4.04. The average molecular weight is 436 g/mol. The molecule has 4 rings (SSSR count). The number of aryl methyl sites for hydroxylation is 1. The molecular weight excluding hydrogens is 414 g/mol. The zero-order chi connectivity index (χ0) is 21.1. The lowest BCUT2D eigenvalue weighted by molar-refractivity contribution is -0.116. The van der Waals surface area contributed by atoms with Crippen molar-refractivity contribution in [1.82, 2.24) is 9.55 Å². The third-order valence-electron chi connectivity index (χ3n) is 4.72. The molecule has 5 nitrogen and oxygen atoms in total. The summed E-state index contributed by atoms with van der Waals surface area (Å²) in [6, 6.07) is 19.2. The van der Waals surface area contributed by atoms with Gasteiger partial charge in [-0.1, -0.05) is 42.1 Å². The second-order valence-corrected chi connectivity index (χ2v) is 8.63. The minimum atomic E-state index is -0.109. The standard InChI is InChI=1S/C23H21N3O2S2/c1-3-25(18-11-7-8-16(2)14-18)20(27)15-30-23-24-19-12-13-29-21(19)22(28)26(23)17-9-5-4-6-10-17/h4-14H,3,15H2,1-2H3. The smallest absolute Gasteiger partial charge is 0.276 e. The zero-order valence-corrected chi connectivity index (χ0v) is 18.4. The first-order chi connectivity index (χ1) is 14.6. The van der Waals surface area contributed by atoms with Crippen LogP contribution in [0.15, 0.2) is 76.0 Å². The van der Waals surface area contributed by atoms with Gasteiger partial charge in [0.05, 0.1) is 17.0 Å². The predicted molar refractivity (Wildman–Crippen MR) is 125 cm³/mol. The fraction of sp³-hybridized carbons (Fsp3) is 0.174. The van der Waals surface area contributed by atoms with E-state index in [-0.39, 0.29) is 17.2 Å².